The van der Waals surface area contributed by atoms with Gasteiger partial charge in [0, 0.05) is 28.9 Å². The van der Waals surface area contributed by atoms with E-state index in [0.29, 0.717) is 13.2 Å². The van der Waals surface area contributed by atoms with Crippen LogP contribution in [0.1, 0.15) is 19.4 Å². The molecule has 0 saturated heterocycles. The predicted molar refractivity (Wildman–Crippen MR) is 76.6 cm³/mol. The quantitative estimate of drug-likeness (QED) is 0.848. The van der Waals surface area contributed by atoms with Gasteiger partial charge >= 0.3 is 0 Å². The monoisotopic (exact) mass is 314 g/mol. The molecule has 1 aromatic rings. The zero-order chi connectivity index (χ0) is 13.5. The summed E-state index contributed by atoms with van der Waals surface area (Å²) in [4.78, 5) is 11.8. The van der Waals surface area contributed by atoms with Gasteiger partial charge in [-0.25, -0.2) is 0 Å². The standard InChI is InChI=1S/C13H19BrN2O2/c1-9(2)15-7-13(17)16-12-6-4-5-11(14)10(12)8-18-3/h4-6,9,15H,7-8H2,1-3H3,(H,16,17). The lowest BCUT2D eigenvalue weighted by molar-refractivity contribution is -0.115. The smallest absolute Gasteiger partial charge is 0.238 e. The molecule has 4 nitrogen and oxygen atoms in total. The second-order valence-electron chi connectivity index (χ2n) is 4.28. The molecule has 0 bridgehead atoms. The number of halogens is 1. The van der Waals surface area contributed by atoms with Gasteiger partial charge in [0.25, 0.3) is 0 Å². The number of hydrogen-bond donors (Lipinski definition) is 2. The van der Waals surface area contributed by atoms with Crippen LogP contribution in [0.5, 0.6) is 0 Å². The van der Waals surface area contributed by atoms with Crippen LogP contribution in [-0.2, 0) is 16.1 Å². The van der Waals surface area contributed by atoms with Crippen LogP contribution >= 0.6 is 15.9 Å². The number of ether oxygens (including phenoxy) is 1. The Morgan fingerprint density at radius 2 is 2.17 bits per heavy atom. The molecular weight excluding hydrogens is 296 g/mol. The summed E-state index contributed by atoms with van der Waals surface area (Å²) in [5.41, 5.74) is 1.72. The van der Waals surface area contributed by atoms with Gasteiger partial charge in [0.2, 0.25) is 5.91 Å². The molecule has 0 spiro atoms. The Labute approximate surface area is 116 Å². The van der Waals surface area contributed by atoms with Crippen molar-refractivity contribution in [1.82, 2.24) is 5.32 Å². The summed E-state index contributed by atoms with van der Waals surface area (Å²) >= 11 is 3.45. The maximum absolute atomic E-state index is 11.8. The molecule has 0 aliphatic carbocycles. The normalized spacial score (nSPS) is 10.7. The Kier molecular flexibility index (Phi) is 6.32. The van der Waals surface area contributed by atoms with E-state index in [4.69, 9.17) is 4.74 Å². The van der Waals surface area contributed by atoms with Gasteiger partial charge in [0.05, 0.1) is 13.2 Å². The van der Waals surface area contributed by atoms with Gasteiger partial charge in [-0.2, -0.15) is 0 Å². The first-order valence-electron chi connectivity index (χ1n) is 5.84. The molecule has 0 unspecified atom stereocenters. The maximum Gasteiger partial charge on any atom is 0.238 e. The molecular formula is C13H19BrN2O2. The van der Waals surface area contributed by atoms with Gasteiger partial charge < -0.3 is 15.4 Å². The minimum absolute atomic E-state index is 0.0563. The zero-order valence-corrected chi connectivity index (χ0v) is 12.5. The van der Waals surface area contributed by atoms with E-state index in [-0.39, 0.29) is 11.9 Å². The number of hydrogen-bond acceptors (Lipinski definition) is 3. The first-order chi connectivity index (χ1) is 8.54. The Hall–Kier alpha value is -0.910. The van der Waals surface area contributed by atoms with E-state index in [1.54, 1.807) is 7.11 Å². The van der Waals surface area contributed by atoms with E-state index in [9.17, 15) is 4.79 Å². The molecule has 0 fully saturated rings. The van der Waals surface area contributed by atoms with Crippen LogP contribution in [0.4, 0.5) is 5.69 Å². The average Bonchev–Trinajstić information content (AvgIpc) is 2.31. The molecule has 2 N–H and O–H groups in total. The predicted octanol–water partition coefficient (Wildman–Crippen LogP) is 2.53. The van der Waals surface area contributed by atoms with Crippen molar-refractivity contribution in [2.45, 2.75) is 26.5 Å². The van der Waals surface area contributed by atoms with Gasteiger partial charge in [0.1, 0.15) is 0 Å². The van der Waals surface area contributed by atoms with Crippen molar-refractivity contribution in [1.29, 1.82) is 0 Å². The molecule has 0 radical (unpaired) electrons. The van der Waals surface area contributed by atoms with Crippen molar-refractivity contribution in [3.05, 3.63) is 28.2 Å². The van der Waals surface area contributed by atoms with E-state index in [0.717, 1.165) is 15.7 Å². The summed E-state index contributed by atoms with van der Waals surface area (Å²) in [6.07, 6.45) is 0. The molecule has 0 aliphatic rings. The fourth-order valence-corrected chi connectivity index (χ4v) is 1.94. The van der Waals surface area contributed by atoms with E-state index in [1.165, 1.54) is 0 Å². The SMILES string of the molecule is COCc1c(Br)cccc1NC(=O)CNC(C)C. The van der Waals surface area contributed by atoms with Crippen molar-refractivity contribution in [3.63, 3.8) is 0 Å². The molecule has 1 rings (SSSR count). The second-order valence-corrected chi connectivity index (χ2v) is 5.14. The van der Waals surface area contributed by atoms with Gasteiger partial charge in [-0.1, -0.05) is 35.8 Å². The van der Waals surface area contributed by atoms with Gasteiger partial charge in [-0.05, 0) is 12.1 Å². The van der Waals surface area contributed by atoms with Crippen LogP contribution in [0.3, 0.4) is 0 Å². The topological polar surface area (TPSA) is 50.4 Å². The maximum atomic E-state index is 11.8. The fraction of sp³-hybridized carbons (Fsp3) is 0.462. The average molecular weight is 315 g/mol. The number of rotatable bonds is 6. The van der Waals surface area contributed by atoms with Crippen LogP contribution in [-0.4, -0.2) is 25.6 Å². The number of carbonyl (C=O) groups excluding carboxylic acids is 1. The largest absolute Gasteiger partial charge is 0.380 e. The second kappa shape index (κ2) is 7.51. The summed E-state index contributed by atoms with van der Waals surface area (Å²) in [5.74, 6) is -0.0563. The molecule has 0 aromatic heterocycles. The van der Waals surface area contributed by atoms with Crippen LogP contribution in [0.2, 0.25) is 0 Å². The Morgan fingerprint density at radius 3 is 2.78 bits per heavy atom. The highest BCUT2D eigenvalue weighted by atomic mass is 79.9. The van der Waals surface area contributed by atoms with Crippen molar-refractivity contribution in [3.8, 4) is 0 Å². The van der Waals surface area contributed by atoms with Crippen molar-refractivity contribution >= 4 is 27.5 Å². The van der Waals surface area contributed by atoms with Gasteiger partial charge in [-0.15, -0.1) is 0 Å². The van der Waals surface area contributed by atoms with Crippen LogP contribution in [0, 0.1) is 0 Å². The van der Waals surface area contributed by atoms with Crippen molar-refractivity contribution in [2.24, 2.45) is 0 Å². The Balaban J connectivity index is 2.71. The molecule has 1 amide bonds. The molecule has 100 valence electrons. The lowest BCUT2D eigenvalue weighted by atomic mass is 10.2. The first kappa shape index (κ1) is 15.1. The number of amides is 1. The van der Waals surface area contributed by atoms with Gasteiger partial charge in [0.15, 0.2) is 0 Å². The molecule has 0 atom stereocenters. The summed E-state index contributed by atoms with van der Waals surface area (Å²) in [6.45, 7) is 4.76. The number of nitrogens with one attached hydrogen (secondary N) is 2. The number of methoxy groups -OCH3 is 1. The fourth-order valence-electron chi connectivity index (χ4n) is 1.46. The lowest BCUT2D eigenvalue weighted by Gasteiger charge is -2.13. The highest BCUT2D eigenvalue weighted by Crippen LogP contribution is 2.25. The van der Waals surface area contributed by atoms with E-state index < -0.39 is 0 Å². The van der Waals surface area contributed by atoms with Crippen LogP contribution in [0.25, 0.3) is 0 Å². The minimum atomic E-state index is -0.0563. The van der Waals surface area contributed by atoms with E-state index >= 15 is 0 Å². The van der Waals surface area contributed by atoms with Gasteiger partial charge in [-0.3, -0.25) is 4.79 Å². The van der Waals surface area contributed by atoms with Crippen molar-refractivity contribution in [2.75, 3.05) is 19.0 Å². The first-order valence-corrected chi connectivity index (χ1v) is 6.63. The molecule has 1 aromatic carbocycles. The third kappa shape index (κ3) is 4.76. The number of benzene rings is 1. The summed E-state index contributed by atoms with van der Waals surface area (Å²) < 4.78 is 6.06. The van der Waals surface area contributed by atoms with E-state index in [2.05, 4.69) is 26.6 Å². The number of anilines is 1. The van der Waals surface area contributed by atoms with E-state index in [1.807, 2.05) is 32.0 Å². The zero-order valence-electron chi connectivity index (χ0n) is 10.9. The van der Waals surface area contributed by atoms with Crippen molar-refractivity contribution < 1.29 is 9.53 Å². The highest BCUT2D eigenvalue weighted by Gasteiger charge is 2.09. The molecule has 18 heavy (non-hydrogen) atoms. The molecule has 0 aliphatic heterocycles. The summed E-state index contributed by atoms with van der Waals surface area (Å²) in [7, 11) is 1.63. The Bertz CT molecular complexity index is 408. The molecule has 5 heteroatoms. The summed E-state index contributed by atoms with van der Waals surface area (Å²) in [6, 6.07) is 5.97. The minimum Gasteiger partial charge on any atom is -0.380 e. The summed E-state index contributed by atoms with van der Waals surface area (Å²) in [5, 5.41) is 5.96. The molecule has 0 heterocycles. The molecule has 0 saturated carbocycles. The Morgan fingerprint density at radius 1 is 1.44 bits per heavy atom. The van der Waals surface area contributed by atoms with Crippen LogP contribution < -0.4 is 10.6 Å². The lowest BCUT2D eigenvalue weighted by Crippen LogP contribution is -2.32. The highest BCUT2D eigenvalue weighted by molar-refractivity contribution is 9.10. The number of carbonyl (C=O) groups is 1. The van der Waals surface area contributed by atoms with Crippen LogP contribution in [0.15, 0.2) is 22.7 Å². The third-order valence-corrected chi connectivity index (χ3v) is 3.10. The third-order valence-electron chi connectivity index (χ3n) is 2.35.